The number of rotatable bonds is 9. The number of nitrogens with one attached hydrogen (secondary N) is 1. The summed E-state index contributed by atoms with van der Waals surface area (Å²) in [5, 5.41) is 8.75. The summed E-state index contributed by atoms with van der Waals surface area (Å²) in [6.07, 6.45) is 2.70. The first kappa shape index (κ1) is 30.2. The first-order chi connectivity index (χ1) is 22.3. The number of nitrogens with zero attached hydrogens (tertiary/aromatic N) is 4. The van der Waals surface area contributed by atoms with Crippen LogP contribution in [0.25, 0.3) is 44.3 Å². The quantitative estimate of drug-likeness (QED) is 0.0978. The van der Waals surface area contributed by atoms with Gasteiger partial charge in [0, 0.05) is 40.6 Å². The number of halogens is 1. The van der Waals surface area contributed by atoms with Crippen LogP contribution in [0.4, 0.5) is 20.7 Å². The smallest absolute Gasteiger partial charge is 0.435 e. The van der Waals surface area contributed by atoms with Crippen molar-refractivity contribution >= 4 is 45.4 Å². The normalized spacial score (nSPS) is 11.0. The molecule has 4 aromatic carbocycles. The molecular weight excluding hydrogens is 589 g/mol. The van der Waals surface area contributed by atoms with E-state index in [4.69, 9.17) is 24.2 Å². The molecule has 46 heavy (non-hydrogen) atoms. The minimum absolute atomic E-state index is 0.193. The molecule has 0 bridgehead atoms. The zero-order valence-corrected chi connectivity index (χ0v) is 25.4. The number of benzene rings is 4. The fourth-order valence-electron chi connectivity index (χ4n) is 5.02. The molecule has 0 atom stereocenters. The molecule has 0 spiro atoms. The number of carbonyl (C=O) groups excluding carboxylic acids is 2. The maximum atomic E-state index is 15.4. The van der Waals surface area contributed by atoms with Crippen molar-refractivity contribution in [2.45, 2.75) is 26.7 Å². The van der Waals surface area contributed by atoms with E-state index in [0.29, 0.717) is 56.8 Å². The lowest BCUT2D eigenvalue weighted by Crippen LogP contribution is -2.15. The molecule has 232 valence electrons. The van der Waals surface area contributed by atoms with Crippen LogP contribution in [-0.4, -0.2) is 45.5 Å². The van der Waals surface area contributed by atoms with E-state index in [1.54, 1.807) is 42.6 Å². The standard InChI is InChI=1S/C35H30FN5O5/c1-4-5-15-45-35(43)41-30-14-12-25(16-24(30)20-37-41)38-34-27-18-32(46-21(2)42)31(44-3)19-29(27)39-33(40-34)23-11-13-26(28(36)17-23)22-9-7-6-8-10-22/h6-14,16-20H,4-5,15H2,1-3H3,(H,38,39,40). The summed E-state index contributed by atoms with van der Waals surface area (Å²) in [6.45, 7) is 3.63. The van der Waals surface area contributed by atoms with Crippen molar-refractivity contribution in [1.29, 1.82) is 0 Å². The summed E-state index contributed by atoms with van der Waals surface area (Å²) in [5.41, 5.74) is 3.35. The zero-order valence-electron chi connectivity index (χ0n) is 25.4. The van der Waals surface area contributed by atoms with Crippen LogP contribution in [-0.2, 0) is 9.53 Å². The summed E-state index contributed by atoms with van der Waals surface area (Å²) in [4.78, 5) is 33.9. The van der Waals surface area contributed by atoms with Gasteiger partial charge in [0.1, 0.15) is 11.6 Å². The number of aromatic nitrogens is 4. The van der Waals surface area contributed by atoms with Gasteiger partial charge in [-0.2, -0.15) is 9.78 Å². The van der Waals surface area contributed by atoms with E-state index < -0.39 is 17.9 Å². The molecule has 6 aromatic rings. The van der Waals surface area contributed by atoms with Crippen molar-refractivity contribution in [3.8, 4) is 34.0 Å². The van der Waals surface area contributed by atoms with Gasteiger partial charge in [0.2, 0.25) is 0 Å². The number of fused-ring (bicyclic) bond motifs is 2. The summed E-state index contributed by atoms with van der Waals surface area (Å²) >= 11 is 0. The van der Waals surface area contributed by atoms with E-state index in [2.05, 4.69) is 10.4 Å². The number of hydrogen-bond acceptors (Lipinski definition) is 9. The molecule has 0 amide bonds. The number of carbonyl (C=O) groups is 2. The van der Waals surface area contributed by atoms with Crippen LogP contribution in [0.1, 0.15) is 26.7 Å². The van der Waals surface area contributed by atoms with Gasteiger partial charge in [-0.25, -0.2) is 19.2 Å². The molecular formula is C35H30FN5O5. The molecule has 0 saturated carbocycles. The fourth-order valence-corrected chi connectivity index (χ4v) is 5.02. The second-order valence-corrected chi connectivity index (χ2v) is 10.5. The Morgan fingerprint density at radius 1 is 0.935 bits per heavy atom. The highest BCUT2D eigenvalue weighted by atomic mass is 19.1. The number of unbranched alkanes of at least 4 members (excludes halogenated alkanes) is 1. The highest BCUT2D eigenvalue weighted by molar-refractivity contribution is 5.96. The van der Waals surface area contributed by atoms with Crippen molar-refractivity contribution in [1.82, 2.24) is 19.7 Å². The van der Waals surface area contributed by atoms with E-state index in [1.807, 2.05) is 43.3 Å². The Hall–Kier alpha value is -5.84. The van der Waals surface area contributed by atoms with Gasteiger partial charge in [-0.15, -0.1) is 0 Å². The molecule has 11 heteroatoms. The van der Waals surface area contributed by atoms with E-state index in [0.717, 1.165) is 18.4 Å². The Morgan fingerprint density at radius 2 is 1.76 bits per heavy atom. The Morgan fingerprint density at radius 3 is 2.50 bits per heavy atom. The van der Waals surface area contributed by atoms with Crippen molar-refractivity contribution in [2.24, 2.45) is 0 Å². The predicted octanol–water partition coefficient (Wildman–Crippen LogP) is 7.91. The average Bonchev–Trinajstić information content (AvgIpc) is 3.48. The van der Waals surface area contributed by atoms with Crippen molar-refractivity contribution < 1.29 is 28.2 Å². The third-order valence-corrected chi connectivity index (χ3v) is 7.27. The van der Waals surface area contributed by atoms with Crippen molar-refractivity contribution in [2.75, 3.05) is 19.0 Å². The maximum absolute atomic E-state index is 15.4. The SMILES string of the molecule is CCCCOC(=O)n1ncc2cc(Nc3nc(-c4ccc(-c5ccccc5)c(F)c4)nc4cc(OC)c(OC(C)=O)cc34)ccc21. The summed E-state index contributed by atoms with van der Waals surface area (Å²) < 4.78 is 32.8. The summed E-state index contributed by atoms with van der Waals surface area (Å²) in [7, 11) is 1.46. The van der Waals surface area contributed by atoms with E-state index in [-0.39, 0.29) is 11.6 Å². The molecule has 2 aromatic heterocycles. The van der Waals surface area contributed by atoms with Crippen LogP contribution in [0.15, 0.2) is 85.1 Å². The van der Waals surface area contributed by atoms with Gasteiger partial charge in [0.15, 0.2) is 17.3 Å². The molecule has 0 aliphatic heterocycles. The minimum atomic E-state index is -0.548. The Bertz CT molecular complexity index is 2080. The van der Waals surface area contributed by atoms with E-state index >= 15 is 4.39 Å². The van der Waals surface area contributed by atoms with Gasteiger partial charge in [-0.05, 0) is 42.3 Å². The lowest BCUT2D eigenvalue weighted by molar-refractivity contribution is -0.132. The van der Waals surface area contributed by atoms with Crippen LogP contribution < -0.4 is 14.8 Å². The van der Waals surface area contributed by atoms with Gasteiger partial charge in [-0.1, -0.05) is 55.8 Å². The molecule has 0 radical (unpaired) electrons. The first-order valence-corrected chi connectivity index (χ1v) is 14.7. The monoisotopic (exact) mass is 619 g/mol. The van der Waals surface area contributed by atoms with Gasteiger partial charge in [0.25, 0.3) is 0 Å². The van der Waals surface area contributed by atoms with E-state index in [9.17, 15) is 9.59 Å². The van der Waals surface area contributed by atoms with Gasteiger partial charge in [-0.3, -0.25) is 4.79 Å². The Balaban J connectivity index is 1.42. The molecule has 1 N–H and O–H groups in total. The number of anilines is 2. The topological polar surface area (TPSA) is 117 Å². The molecule has 10 nitrogen and oxygen atoms in total. The number of hydrogen-bond donors (Lipinski definition) is 1. The minimum Gasteiger partial charge on any atom is -0.493 e. The third kappa shape index (κ3) is 6.20. The molecule has 0 aliphatic rings. The average molecular weight is 620 g/mol. The zero-order chi connectivity index (χ0) is 32.2. The Kier molecular flexibility index (Phi) is 8.55. The predicted molar refractivity (Wildman–Crippen MR) is 173 cm³/mol. The van der Waals surface area contributed by atoms with Crippen LogP contribution in [0, 0.1) is 5.82 Å². The highest BCUT2D eigenvalue weighted by Crippen LogP contribution is 2.37. The molecule has 0 unspecified atom stereocenters. The van der Waals surface area contributed by atoms with Gasteiger partial charge < -0.3 is 19.5 Å². The second-order valence-electron chi connectivity index (χ2n) is 10.5. The summed E-state index contributed by atoms with van der Waals surface area (Å²) in [5.74, 6) is 0.186. The van der Waals surface area contributed by atoms with Crippen LogP contribution in [0.3, 0.4) is 0 Å². The first-order valence-electron chi connectivity index (χ1n) is 14.7. The molecule has 0 aliphatic carbocycles. The van der Waals surface area contributed by atoms with Gasteiger partial charge in [0.05, 0.1) is 30.9 Å². The van der Waals surface area contributed by atoms with Crippen molar-refractivity contribution in [3.63, 3.8) is 0 Å². The highest BCUT2D eigenvalue weighted by Gasteiger charge is 2.18. The van der Waals surface area contributed by atoms with Crippen LogP contribution in [0.5, 0.6) is 11.5 Å². The largest absolute Gasteiger partial charge is 0.493 e. The van der Waals surface area contributed by atoms with E-state index in [1.165, 1.54) is 24.8 Å². The van der Waals surface area contributed by atoms with Crippen LogP contribution in [0.2, 0.25) is 0 Å². The Labute approximate surface area is 263 Å². The van der Waals surface area contributed by atoms with Crippen LogP contribution >= 0.6 is 0 Å². The van der Waals surface area contributed by atoms with Crippen molar-refractivity contribution in [3.05, 3.63) is 90.9 Å². The third-order valence-electron chi connectivity index (χ3n) is 7.27. The molecule has 0 saturated heterocycles. The molecule has 6 rings (SSSR count). The number of esters is 1. The summed E-state index contributed by atoms with van der Waals surface area (Å²) in [6, 6.07) is 22.7. The molecule has 0 fully saturated rings. The molecule has 2 heterocycles. The second kappa shape index (κ2) is 13.0. The fraction of sp³-hybridized carbons (Fsp3) is 0.171. The lowest BCUT2D eigenvalue weighted by Gasteiger charge is -2.15. The number of methoxy groups -OCH3 is 1. The number of ether oxygens (including phenoxy) is 3. The maximum Gasteiger partial charge on any atom is 0.435 e. The van der Waals surface area contributed by atoms with Gasteiger partial charge >= 0.3 is 12.1 Å². The lowest BCUT2D eigenvalue weighted by atomic mass is 10.0.